The minimum absolute atomic E-state index is 0.0201. The smallest absolute Gasteiger partial charge is 0.332 e. The van der Waals surface area contributed by atoms with Gasteiger partial charge in [0, 0.05) is 0 Å². The predicted molar refractivity (Wildman–Crippen MR) is 65.1 cm³/mol. The van der Waals surface area contributed by atoms with Gasteiger partial charge in [-0.2, -0.15) is 0 Å². The van der Waals surface area contributed by atoms with Crippen LogP contribution in [0.4, 0.5) is 0 Å². The molecule has 0 amide bonds. The van der Waals surface area contributed by atoms with E-state index in [1.54, 1.807) is 0 Å². The number of carbonyl (C=O) groups is 1. The number of aliphatic carboxylic acids is 1. The van der Waals surface area contributed by atoms with Crippen molar-refractivity contribution in [2.75, 3.05) is 0 Å². The topological polar surface area (TPSA) is 55.8 Å². The molecule has 1 aliphatic heterocycles. The zero-order chi connectivity index (χ0) is 12.8. The molecule has 17 heavy (non-hydrogen) atoms. The SMILES string of the molecule is CCCCC(OC1CC(C)OC(C)C1)C(=O)O. The minimum Gasteiger partial charge on any atom is -0.479 e. The molecule has 4 heteroatoms. The Bertz CT molecular complexity index is 232. The first-order valence-corrected chi connectivity index (χ1v) is 6.56. The summed E-state index contributed by atoms with van der Waals surface area (Å²) in [6, 6.07) is 0. The molecule has 1 saturated heterocycles. The predicted octanol–water partition coefficient (Wildman–Crippen LogP) is 2.60. The Morgan fingerprint density at radius 3 is 2.47 bits per heavy atom. The Labute approximate surface area is 103 Å². The van der Waals surface area contributed by atoms with Crippen LogP contribution in [0.2, 0.25) is 0 Å². The van der Waals surface area contributed by atoms with Crippen LogP contribution in [0.5, 0.6) is 0 Å². The number of carboxylic acids is 1. The van der Waals surface area contributed by atoms with Crippen LogP contribution in [0.1, 0.15) is 52.9 Å². The van der Waals surface area contributed by atoms with Gasteiger partial charge in [-0.15, -0.1) is 0 Å². The highest BCUT2D eigenvalue weighted by Crippen LogP contribution is 2.23. The average molecular weight is 244 g/mol. The lowest BCUT2D eigenvalue weighted by molar-refractivity contribution is -0.165. The highest BCUT2D eigenvalue weighted by Gasteiger charge is 2.29. The molecule has 0 bridgehead atoms. The first-order chi connectivity index (χ1) is 8.02. The average Bonchev–Trinajstić information content (AvgIpc) is 2.22. The summed E-state index contributed by atoms with van der Waals surface area (Å²) >= 11 is 0. The Balaban J connectivity index is 2.45. The van der Waals surface area contributed by atoms with Gasteiger partial charge in [-0.3, -0.25) is 0 Å². The van der Waals surface area contributed by atoms with Gasteiger partial charge in [0.1, 0.15) is 0 Å². The fraction of sp³-hybridized carbons (Fsp3) is 0.923. The third-order valence-electron chi connectivity index (χ3n) is 3.11. The van der Waals surface area contributed by atoms with Gasteiger partial charge in [-0.1, -0.05) is 19.8 Å². The van der Waals surface area contributed by atoms with Crippen molar-refractivity contribution in [2.45, 2.75) is 77.3 Å². The lowest BCUT2D eigenvalue weighted by Gasteiger charge is -2.33. The highest BCUT2D eigenvalue weighted by molar-refractivity contribution is 5.72. The van der Waals surface area contributed by atoms with Gasteiger partial charge in [-0.05, 0) is 33.1 Å². The van der Waals surface area contributed by atoms with Crippen molar-refractivity contribution >= 4 is 5.97 Å². The van der Waals surface area contributed by atoms with Gasteiger partial charge in [0.25, 0.3) is 0 Å². The molecule has 0 radical (unpaired) electrons. The van der Waals surface area contributed by atoms with E-state index in [1.165, 1.54) is 0 Å². The Kier molecular flexibility index (Phi) is 5.92. The normalized spacial score (nSPS) is 31.1. The van der Waals surface area contributed by atoms with Gasteiger partial charge in [-0.25, -0.2) is 4.79 Å². The van der Waals surface area contributed by atoms with Gasteiger partial charge >= 0.3 is 5.97 Å². The van der Waals surface area contributed by atoms with Gasteiger partial charge in [0.15, 0.2) is 6.10 Å². The van der Waals surface area contributed by atoms with Crippen LogP contribution in [0.25, 0.3) is 0 Å². The van der Waals surface area contributed by atoms with Crippen molar-refractivity contribution in [1.82, 2.24) is 0 Å². The van der Waals surface area contributed by atoms with Gasteiger partial charge < -0.3 is 14.6 Å². The van der Waals surface area contributed by atoms with Crippen LogP contribution >= 0.6 is 0 Å². The number of unbranched alkanes of at least 4 members (excludes halogenated alkanes) is 1. The third-order valence-corrected chi connectivity index (χ3v) is 3.11. The number of carboxylic acid groups (broad SMARTS) is 1. The number of hydrogen-bond donors (Lipinski definition) is 1. The largest absolute Gasteiger partial charge is 0.479 e. The monoisotopic (exact) mass is 244 g/mol. The zero-order valence-corrected chi connectivity index (χ0v) is 11.0. The molecule has 1 aliphatic rings. The van der Waals surface area contributed by atoms with E-state index in [2.05, 4.69) is 6.92 Å². The summed E-state index contributed by atoms with van der Waals surface area (Å²) in [6.07, 6.45) is 3.75. The second kappa shape index (κ2) is 6.97. The van der Waals surface area contributed by atoms with Crippen LogP contribution in [0.3, 0.4) is 0 Å². The van der Waals surface area contributed by atoms with Crippen molar-refractivity contribution in [3.05, 3.63) is 0 Å². The summed E-state index contributed by atoms with van der Waals surface area (Å²) in [6.45, 7) is 6.07. The molecule has 1 rings (SSSR count). The molecule has 4 nitrogen and oxygen atoms in total. The molecule has 0 saturated carbocycles. The standard InChI is InChI=1S/C13H24O4/c1-4-5-6-12(13(14)15)17-11-7-9(2)16-10(3)8-11/h9-12H,4-8H2,1-3H3,(H,14,15). The molecule has 0 spiro atoms. The van der Waals surface area contributed by atoms with E-state index in [4.69, 9.17) is 14.6 Å². The fourth-order valence-corrected chi connectivity index (χ4v) is 2.33. The summed E-state index contributed by atoms with van der Waals surface area (Å²) in [5, 5.41) is 9.11. The summed E-state index contributed by atoms with van der Waals surface area (Å²) in [5.41, 5.74) is 0. The zero-order valence-electron chi connectivity index (χ0n) is 11.0. The number of hydrogen-bond acceptors (Lipinski definition) is 3. The molecule has 3 unspecified atom stereocenters. The molecule has 0 aliphatic carbocycles. The van der Waals surface area contributed by atoms with Crippen molar-refractivity contribution in [3.63, 3.8) is 0 Å². The summed E-state index contributed by atoms with van der Waals surface area (Å²) in [7, 11) is 0. The molecule has 1 heterocycles. The number of rotatable bonds is 6. The molecule has 0 aromatic rings. The first kappa shape index (κ1) is 14.5. The molecular weight excluding hydrogens is 220 g/mol. The molecule has 3 atom stereocenters. The Morgan fingerprint density at radius 2 is 2.00 bits per heavy atom. The second-order valence-corrected chi connectivity index (χ2v) is 4.96. The molecule has 0 aromatic heterocycles. The maximum Gasteiger partial charge on any atom is 0.332 e. The van der Waals surface area contributed by atoms with E-state index in [1.807, 2.05) is 13.8 Å². The van der Waals surface area contributed by atoms with Gasteiger partial charge in [0.05, 0.1) is 18.3 Å². The minimum atomic E-state index is -0.842. The summed E-state index contributed by atoms with van der Waals surface area (Å²) in [4.78, 5) is 11.1. The lowest BCUT2D eigenvalue weighted by Crippen LogP contribution is -2.38. The van der Waals surface area contributed by atoms with Crippen LogP contribution in [0.15, 0.2) is 0 Å². The maximum absolute atomic E-state index is 11.1. The maximum atomic E-state index is 11.1. The Hall–Kier alpha value is -0.610. The van der Waals surface area contributed by atoms with E-state index in [9.17, 15) is 4.79 Å². The van der Waals surface area contributed by atoms with Crippen LogP contribution < -0.4 is 0 Å². The summed E-state index contributed by atoms with van der Waals surface area (Å²) in [5.74, 6) is -0.842. The quantitative estimate of drug-likeness (QED) is 0.780. The van der Waals surface area contributed by atoms with Crippen LogP contribution in [-0.4, -0.2) is 35.5 Å². The van der Waals surface area contributed by atoms with E-state index in [-0.39, 0.29) is 18.3 Å². The Morgan fingerprint density at radius 1 is 1.41 bits per heavy atom. The van der Waals surface area contributed by atoms with Crippen molar-refractivity contribution in [3.8, 4) is 0 Å². The third kappa shape index (κ3) is 5.04. The second-order valence-electron chi connectivity index (χ2n) is 4.96. The molecule has 0 aromatic carbocycles. The van der Waals surface area contributed by atoms with E-state index in [0.717, 1.165) is 25.7 Å². The number of ether oxygens (including phenoxy) is 2. The fourth-order valence-electron chi connectivity index (χ4n) is 2.33. The highest BCUT2D eigenvalue weighted by atomic mass is 16.5. The van der Waals surface area contributed by atoms with Crippen molar-refractivity contribution in [1.29, 1.82) is 0 Å². The summed E-state index contributed by atoms with van der Waals surface area (Å²) < 4.78 is 11.3. The van der Waals surface area contributed by atoms with E-state index >= 15 is 0 Å². The lowest BCUT2D eigenvalue weighted by atomic mass is 10.0. The van der Waals surface area contributed by atoms with Crippen molar-refractivity contribution in [2.24, 2.45) is 0 Å². The molecular formula is C13H24O4. The van der Waals surface area contributed by atoms with Crippen LogP contribution in [0, 0.1) is 0 Å². The van der Waals surface area contributed by atoms with Crippen LogP contribution in [-0.2, 0) is 14.3 Å². The molecule has 1 fully saturated rings. The molecule has 1 N–H and O–H groups in total. The first-order valence-electron chi connectivity index (χ1n) is 6.56. The van der Waals surface area contributed by atoms with Gasteiger partial charge in [0.2, 0.25) is 0 Å². The molecule has 100 valence electrons. The van der Waals surface area contributed by atoms with Crippen molar-refractivity contribution < 1.29 is 19.4 Å². The van der Waals surface area contributed by atoms with E-state index < -0.39 is 12.1 Å². The van der Waals surface area contributed by atoms with E-state index in [0.29, 0.717) is 6.42 Å².